The van der Waals surface area contributed by atoms with Gasteiger partial charge in [-0.2, -0.15) is 4.72 Å². The highest BCUT2D eigenvalue weighted by Gasteiger charge is 2.28. The molecule has 0 bridgehead atoms. The summed E-state index contributed by atoms with van der Waals surface area (Å²) in [6.07, 6.45) is 2.08. The largest absolute Gasteiger partial charge is 0.241 e. The molecule has 4 heteroatoms. The van der Waals surface area contributed by atoms with E-state index in [-0.39, 0.29) is 6.04 Å². The average Bonchev–Trinajstić information content (AvgIpc) is 2.91. The fourth-order valence-electron chi connectivity index (χ4n) is 3.38. The number of rotatable bonds is 3. The summed E-state index contributed by atoms with van der Waals surface area (Å²) in [5, 5.41) is 2.31. The Morgan fingerprint density at radius 2 is 1.60 bits per heavy atom. The number of sulfonamides is 1. The molecule has 0 saturated heterocycles. The quantitative estimate of drug-likeness (QED) is 0.752. The molecule has 1 atom stereocenters. The maximum atomic E-state index is 12.8. The summed E-state index contributed by atoms with van der Waals surface area (Å²) in [6.45, 7) is 3.91. The highest BCUT2D eigenvalue weighted by atomic mass is 32.2. The van der Waals surface area contributed by atoms with Gasteiger partial charge in [-0.1, -0.05) is 65.7 Å². The Hall–Kier alpha value is -2.43. The third-order valence-electron chi connectivity index (χ3n) is 4.75. The van der Waals surface area contributed by atoms with E-state index in [0.717, 1.165) is 33.0 Å². The lowest BCUT2D eigenvalue weighted by molar-refractivity contribution is 0.572. The van der Waals surface area contributed by atoms with Crippen molar-refractivity contribution in [3.63, 3.8) is 0 Å². The zero-order valence-electron chi connectivity index (χ0n) is 14.2. The van der Waals surface area contributed by atoms with Crippen LogP contribution in [-0.4, -0.2) is 8.42 Å². The maximum Gasteiger partial charge on any atom is 0.241 e. The van der Waals surface area contributed by atoms with E-state index in [4.69, 9.17) is 0 Å². The third-order valence-corrected chi connectivity index (χ3v) is 6.19. The van der Waals surface area contributed by atoms with Gasteiger partial charge in [0.1, 0.15) is 0 Å². The van der Waals surface area contributed by atoms with E-state index in [0.29, 0.717) is 4.90 Å². The molecular weight excluding hydrogens is 330 g/mol. The van der Waals surface area contributed by atoms with Gasteiger partial charge in [-0.3, -0.25) is 0 Å². The van der Waals surface area contributed by atoms with Crippen LogP contribution in [0, 0.1) is 6.92 Å². The van der Waals surface area contributed by atoms with Crippen molar-refractivity contribution >= 4 is 26.9 Å². The van der Waals surface area contributed by atoms with Gasteiger partial charge in [0.25, 0.3) is 0 Å². The molecule has 1 aliphatic rings. The van der Waals surface area contributed by atoms with E-state index in [9.17, 15) is 8.42 Å². The Kier molecular flexibility index (Phi) is 3.74. The van der Waals surface area contributed by atoms with Gasteiger partial charge in [-0.05, 0) is 47.9 Å². The van der Waals surface area contributed by atoms with Crippen LogP contribution >= 0.6 is 0 Å². The molecule has 0 aromatic heterocycles. The molecule has 0 radical (unpaired) electrons. The molecule has 126 valence electrons. The van der Waals surface area contributed by atoms with Gasteiger partial charge in [0, 0.05) is 0 Å². The van der Waals surface area contributed by atoms with Gasteiger partial charge in [0.15, 0.2) is 0 Å². The monoisotopic (exact) mass is 349 g/mol. The van der Waals surface area contributed by atoms with Crippen molar-refractivity contribution in [3.8, 4) is 0 Å². The number of hydrogen-bond acceptors (Lipinski definition) is 2. The van der Waals surface area contributed by atoms with Gasteiger partial charge in [-0.15, -0.1) is 0 Å². The van der Waals surface area contributed by atoms with Crippen LogP contribution in [0.3, 0.4) is 0 Å². The van der Waals surface area contributed by atoms with Crippen LogP contribution in [0.1, 0.15) is 29.7 Å². The van der Waals surface area contributed by atoms with E-state index in [1.54, 1.807) is 12.1 Å². The summed E-state index contributed by atoms with van der Waals surface area (Å²) in [4.78, 5) is 0.292. The van der Waals surface area contributed by atoms with E-state index in [1.165, 1.54) is 0 Å². The molecule has 1 unspecified atom stereocenters. The summed E-state index contributed by atoms with van der Waals surface area (Å²) < 4.78 is 28.4. The first-order valence-corrected chi connectivity index (χ1v) is 9.73. The molecule has 1 aliphatic carbocycles. The molecule has 1 N–H and O–H groups in total. The molecule has 0 aliphatic heterocycles. The van der Waals surface area contributed by atoms with Crippen molar-refractivity contribution < 1.29 is 8.42 Å². The second-order valence-corrected chi connectivity index (χ2v) is 8.26. The summed E-state index contributed by atoms with van der Waals surface area (Å²) in [5.41, 5.74) is 4.15. The zero-order chi connectivity index (χ0) is 17.6. The SMILES string of the molecule is CC1=Cc2c(ccc3ccccc23)C1NS(=O)(=O)c1ccc(C)cc1. The van der Waals surface area contributed by atoms with Crippen molar-refractivity contribution in [2.24, 2.45) is 0 Å². The number of nitrogens with one attached hydrogen (secondary N) is 1. The molecule has 3 nitrogen and oxygen atoms in total. The lowest BCUT2D eigenvalue weighted by Gasteiger charge is -2.17. The predicted octanol–water partition coefficient (Wildman–Crippen LogP) is 4.58. The summed E-state index contributed by atoms with van der Waals surface area (Å²) in [6, 6.07) is 18.8. The van der Waals surface area contributed by atoms with Crippen LogP contribution in [-0.2, 0) is 10.0 Å². The first-order valence-electron chi connectivity index (χ1n) is 8.24. The minimum Gasteiger partial charge on any atom is -0.207 e. The number of hydrogen-bond donors (Lipinski definition) is 1. The number of aryl methyl sites for hydroxylation is 1. The molecule has 0 saturated carbocycles. The van der Waals surface area contributed by atoms with Gasteiger partial charge in [0.2, 0.25) is 10.0 Å². The van der Waals surface area contributed by atoms with Gasteiger partial charge in [-0.25, -0.2) is 8.42 Å². The molecule has 0 amide bonds. The summed E-state index contributed by atoms with van der Waals surface area (Å²) in [7, 11) is -3.58. The molecule has 4 rings (SSSR count). The van der Waals surface area contributed by atoms with Crippen LogP contribution in [0.2, 0.25) is 0 Å². The zero-order valence-corrected chi connectivity index (χ0v) is 15.0. The van der Waals surface area contributed by atoms with Crippen LogP contribution in [0.15, 0.2) is 71.1 Å². The van der Waals surface area contributed by atoms with E-state index < -0.39 is 10.0 Å². The van der Waals surface area contributed by atoms with Crippen LogP contribution < -0.4 is 4.72 Å². The van der Waals surface area contributed by atoms with Crippen molar-refractivity contribution in [1.29, 1.82) is 0 Å². The minimum atomic E-state index is -3.58. The number of fused-ring (bicyclic) bond motifs is 3. The molecule has 0 fully saturated rings. The topological polar surface area (TPSA) is 46.2 Å². The lowest BCUT2D eigenvalue weighted by atomic mass is 9.99. The Morgan fingerprint density at radius 3 is 2.36 bits per heavy atom. The fraction of sp³-hybridized carbons (Fsp3) is 0.143. The van der Waals surface area contributed by atoms with Gasteiger partial charge >= 0.3 is 0 Å². The first kappa shape index (κ1) is 16.1. The van der Waals surface area contributed by atoms with Crippen molar-refractivity contribution in [3.05, 3.63) is 82.9 Å². The molecule has 0 spiro atoms. The van der Waals surface area contributed by atoms with Crippen molar-refractivity contribution in [2.45, 2.75) is 24.8 Å². The Morgan fingerprint density at radius 1 is 0.880 bits per heavy atom. The number of benzene rings is 3. The summed E-state index contributed by atoms with van der Waals surface area (Å²) >= 11 is 0. The molecular formula is C21H19NO2S. The van der Waals surface area contributed by atoms with Gasteiger partial charge < -0.3 is 0 Å². The van der Waals surface area contributed by atoms with Gasteiger partial charge in [0.05, 0.1) is 10.9 Å². The minimum absolute atomic E-state index is 0.292. The fourth-order valence-corrected chi connectivity index (χ4v) is 4.63. The van der Waals surface area contributed by atoms with Crippen molar-refractivity contribution in [2.75, 3.05) is 0 Å². The molecule has 0 heterocycles. The smallest absolute Gasteiger partial charge is 0.207 e. The third kappa shape index (κ3) is 2.77. The highest BCUT2D eigenvalue weighted by molar-refractivity contribution is 7.89. The van der Waals surface area contributed by atoms with E-state index >= 15 is 0 Å². The normalized spacial score (nSPS) is 16.7. The molecule has 25 heavy (non-hydrogen) atoms. The molecule has 3 aromatic rings. The lowest BCUT2D eigenvalue weighted by Crippen LogP contribution is -2.28. The second-order valence-electron chi connectivity index (χ2n) is 6.55. The van der Waals surface area contributed by atoms with E-state index in [2.05, 4.69) is 22.9 Å². The Bertz CT molecular complexity index is 1100. The average molecular weight is 349 g/mol. The predicted molar refractivity (Wildman–Crippen MR) is 102 cm³/mol. The highest BCUT2D eigenvalue weighted by Crippen LogP contribution is 2.39. The van der Waals surface area contributed by atoms with Crippen LogP contribution in [0.25, 0.3) is 16.8 Å². The Labute approximate surface area is 148 Å². The second kappa shape index (κ2) is 5.83. The standard InChI is InChI=1S/C21H19NO2S/c1-14-7-10-17(11-8-14)25(23,24)22-21-15(2)13-20-18-6-4-3-5-16(18)9-12-19(20)21/h3-13,21-22H,1-2H3. The maximum absolute atomic E-state index is 12.8. The van der Waals surface area contributed by atoms with Crippen LogP contribution in [0.4, 0.5) is 0 Å². The van der Waals surface area contributed by atoms with Crippen LogP contribution in [0.5, 0.6) is 0 Å². The van der Waals surface area contributed by atoms with E-state index in [1.807, 2.05) is 50.2 Å². The van der Waals surface area contributed by atoms with Crippen molar-refractivity contribution in [1.82, 2.24) is 4.72 Å². The Balaban J connectivity index is 1.75. The summed E-state index contributed by atoms with van der Waals surface area (Å²) in [5.74, 6) is 0. The first-order chi connectivity index (χ1) is 12.0. The molecule has 3 aromatic carbocycles.